The van der Waals surface area contributed by atoms with Gasteiger partial charge in [0.1, 0.15) is 0 Å². The van der Waals surface area contributed by atoms with Crippen LogP contribution >= 0.6 is 11.8 Å². The lowest BCUT2D eigenvalue weighted by molar-refractivity contribution is -0.136. The van der Waals surface area contributed by atoms with Crippen molar-refractivity contribution in [3.63, 3.8) is 0 Å². The zero-order chi connectivity index (χ0) is 15.9. The summed E-state index contributed by atoms with van der Waals surface area (Å²) in [4.78, 5) is 27.4. The van der Waals surface area contributed by atoms with Crippen LogP contribution in [0.15, 0.2) is 33.7 Å². The van der Waals surface area contributed by atoms with Gasteiger partial charge in [-0.2, -0.15) is 4.98 Å². The molecule has 1 aromatic heterocycles. The fourth-order valence-corrected chi connectivity index (χ4v) is 2.58. The molecular weight excluding hydrogens is 306 g/mol. The van der Waals surface area contributed by atoms with Crippen LogP contribution in [0.4, 0.5) is 0 Å². The number of carboxylic acids is 1. The van der Waals surface area contributed by atoms with Crippen molar-refractivity contribution >= 4 is 23.6 Å². The van der Waals surface area contributed by atoms with Crippen molar-refractivity contribution in [3.05, 3.63) is 41.5 Å². The number of hydrogen-bond acceptors (Lipinski definition) is 6. The average molecular weight is 321 g/mol. The zero-order valence-electron chi connectivity index (χ0n) is 11.9. The monoisotopic (exact) mass is 321 g/mol. The Bertz CT molecular complexity index is 672. The minimum Gasteiger partial charge on any atom is -0.481 e. The fraction of sp³-hybridized carbons (Fsp3) is 0.286. The molecule has 0 aliphatic heterocycles. The summed E-state index contributed by atoms with van der Waals surface area (Å²) >= 11 is 1.41. The number of thioether (sulfide) groups is 1. The van der Waals surface area contributed by atoms with Gasteiger partial charge in [-0.1, -0.05) is 17.3 Å². The standard InChI is InChI=1S/C14H15N3O4S/c1-9-16-12(21-17-9)8-22-11-5-3-2-4-10(11)14(20)15-7-6-13(18)19/h2-5H,6-8H2,1H3,(H,15,20)(H,18,19). The molecule has 2 aromatic rings. The lowest BCUT2D eigenvalue weighted by atomic mass is 10.2. The molecule has 1 amide bonds. The molecule has 0 spiro atoms. The van der Waals surface area contributed by atoms with E-state index in [2.05, 4.69) is 15.5 Å². The summed E-state index contributed by atoms with van der Waals surface area (Å²) in [5.74, 6) is 0.264. The molecule has 0 atom stereocenters. The molecule has 0 radical (unpaired) electrons. The number of carbonyl (C=O) groups excluding carboxylic acids is 1. The molecule has 0 saturated heterocycles. The number of carbonyl (C=O) groups is 2. The minimum atomic E-state index is -0.949. The molecule has 7 nitrogen and oxygen atoms in total. The largest absolute Gasteiger partial charge is 0.481 e. The van der Waals surface area contributed by atoms with Gasteiger partial charge in [0.2, 0.25) is 5.89 Å². The highest BCUT2D eigenvalue weighted by molar-refractivity contribution is 7.98. The van der Waals surface area contributed by atoms with Crippen LogP contribution < -0.4 is 5.32 Å². The number of benzene rings is 1. The summed E-state index contributed by atoms with van der Waals surface area (Å²) in [7, 11) is 0. The second kappa shape index (κ2) is 7.60. The quantitative estimate of drug-likeness (QED) is 0.750. The summed E-state index contributed by atoms with van der Waals surface area (Å²) in [6, 6.07) is 7.10. The average Bonchev–Trinajstić information content (AvgIpc) is 2.90. The summed E-state index contributed by atoms with van der Waals surface area (Å²) in [6.45, 7) is 1.83. The first kappa shape index (κ1) is 16.0. The first-order valence-corrected chi connectivity index (χ1v) is 7.56. The maximum Gasteiger partial charge on any atom is 0.305 e. The highest BCUT2D eigenvalue weighted by Crippen LogP contribution is 2.25. The van der Waals surface area contributed by atoms with Gasteiger partial charge in [0.25, 0.3) is 5.91 Å². The van der Waals surface area contributed by atoms with Crippen LogP contribution in [0, 0.1) is 6.92 Å². The number of nitrogens with zero attached hydrogens (tertiary/aromatic N) is 2. The number of nitrogens with one attached hydrogen (secondary N) is 1. The first-order valence-electron chi connectivity index (χ1n) is 6.57. The molecule has 0 unspecified atom stereocenters. The van der Waals surface area contributed by atoms with Crippen LogP contribution in [0.3, 0.4) is 0 Å². The molecule has 0 fully saturated rings. The smallest absolute Gasteiger partial charge is 0.305 e. The Kier molecular flexibility index (Phi) is 5.54. The topological polar surface area (TPSA) is 105 Å². The van der Waals surface area contributed by atoms with E-state index in [1.807, 2.05) is 12.1 Å². The Morgan fingerprint density at radius 3 is 2.82 bits per heavy atom. The molecule has 2 rings (SSSR count). The Morgan fingerprint density at radius 2 is 2.14 bits per heavy atom. The van der Waals surface area contributed by atoms with Gasteiger partial charge in [0.15, 0.2) is 5.82 Å². The molecule has 1 heterocycles. The summed E-state index contributed by atoms with van der Waals surface area (Å²) in [5, 5.41) is 14.9. The molecule has 116 valence electrons. The van der Waals surface area contributed by atoms with Gasteiger partial charge < -0.3 is 14.9 Å². The van der Waals surface area contributed by atoms with Crippen LogP contribution in [-0.2, 0) is 10.5 Å². The van der Waals surface area contributed by atoms with Gasteiger partial charge in [-0.15, -0.1) is 11.8 Å². The molecule has 8 heteroatoms. The van der Waals surface area contributed by atoms with E-state index in [1.54, 1.807) is 19.1 Å². The van der Waals surface area contributed by atoms with E-state index < -0.39 is 5.97 Å². The number of aromatic nitrogens is 2. The van der Waals surface area contributed by atoms with Gasteiger partial charge in [0.05, 0.1) is 17.7 Å². The lowest BCUT2D eigenvalue weighted by Crippen LogP contribution is -2.26. The van der Waals surface area contributed by atoms with Gasteiger partial charge in [-0.25, -0.2) is 0 Å². The van der Waals surface area contributed by atoms with Crippen LogP contribution in [0.5, 0.6) is 0 Å². The van der Waals surface area contributed by atoms with Crippen molar-refractivity contribution < 1.29 is 19.2 Å². The van der Waals surface area contributed by atoms with Gasteiger partial charge in [-0.3, -0.25) is 9.59 Å². The molecule has 0 aliphatic rings. The van der Waals surface area contributed by atoms with Gasteiger partial charge in [-0.05, 0) is 19.1 Å². The highest BCUT2D eigenvalue weighted by atomic mass is 32.2. The minimum absolute atomic E-state index is 0.0933. The lowest BCUT2D eigenvalue weighted by Gasteiger charge is -2.08. The highest BCUT2D eigenvalue weighted by Gasteiger charge is 2.13. The Labute approximate surface area is 131 Å². The number of aliphatic carboxylic acids is 1. The Hall–Kier alpha value is -2.35. The first-order chi connectivity index (χ1) is 10.6. The van der Waals surface area contributed by atoms with Crippen LogP contribution in [0.25, 0.3) is 0 Å². The molecule has 0 saturated carbocycles. The molecule has 1 aromatic carbocycles. The molecular formula is C14H15N3O4S. The zero-order valence-corrected chi connectivity index (χ0v) is 12.7. The van der Waals surface area contributed by atoms with Gasteiger partial charge in [0, 0.05) is 11.4 Å². The van der Waals surface area contributed by atoms with E-state index in [-0.39, 0.29) is 18.9 Å². The van der Waals surface area contributed by atoms with Crippen molar-refractivity contribution in [1.82, 2.24) is 15.5 Å². The van der Waals surface area contributed by atoms with Crippen LogP contribution in [0.2, 0.25) is 0 Å². The predicted octanol–water partition coefficient (Wildman–Crippen LogP) is 1.87. The van der Waals surface area contributed by atoms with Crippen molar-refractivity contribution in [1.29, 1.82) is 0 Å². The van der Waals surface area contributed by atoms with Gasteiger partial charge >= 0.3 is 5.97 Å². The maximum absolute atomic E-state index is 12.1. The number of carboxylic acid groups (broad SMARTS) is 1. The van der Waals surface area contributed by atoms with Crippen LogP contribution in [0.1, 0.15) is 28.5 Å². The van der Waals surface area contributed by atoms with Crippen molar-refractivity contribution in [2.75, 3.05) is 6.54 Å². The van der Waals surface area contributed by atoms with Crippen LogP contribution in [-0.4, -0.2) is 33.7 Å². The molecule has 2 N–H and O–H groups in total. The third kappa shape index (κ3) is 4.59. The molecule has 22 heavy (non-hydrogen) atoms. The number of hydrogen-bond donors (Lipinski definition) is 2. The van der Waals surface area contributed by atoms with E-state index in [9.17, 15) is 9.59 Å². The third-order valence-electron chi connectivity index (χ3n) is 2.68. The third-order valence-corrected chi connectivity index (χ3v) is 3.74. The number of amides is 1. The maximum atomic E-state index is 12.1. The Morgan fingerprint density at radius 1 is 1.36 bits per heavy atom. The van der Waals surface area contributed by atoms with E-state index in [0.29, 0.717) is 23.0 Å². The van der Waals surface area contributed by atoms with Crippen molar-refractivity contribution in [2.45, 2.75) is 24.0 Å². The van der Waals surface area contributed by atoms with E-state index >= 15 is 0 Å². The fourth-order valence-electron chi connectivity index (χ4n) is 1.70. The molecule has 0 aliphatic carbocycles. The second-order valence-corrected chi connectivity index (χ2v) is 5.44. The van der Waals surface area contributed by atoms with E-state index in [1.165, 1.54) is 11.8 Å². The van der Waals surface area contributed by atoms with E-state index in [0.717, 1.165) is 4.90 Å². The van der Waals surface area contributed by atoms with Crippen molar-refractivity contribution in [2.24, 2.45) is 0 Å². The Balaban J connectivity index is 1.99. The SMILES string of the molecule is Cc1noc(CSc2ccccc2C(=O)NCCC(=O)O)n1. The van der Waals surface area contributed by atoms with E-state index in [4.69, 9.17) is 9.63 Å². The molecule has 0 bridgehead atoms. The number of aryl methyl sites for hydroxylation is 1. The number of rotatable bonds is 7. The predicted molar refractivity (Wildman–Crippen MR) is 79.6 cm³/mol. The summed E-state index contributed by atoms with van der Waals surface area (Å²) < 4.78 is 5.03. The normalized spacial score (nSPS) is 10.4. The van der Waals surface area contributed by atoms with Crippen molar-refractivity contribution in [3.8, 4) is 0 Å². The summed E-state index contributed by atoms with van der Waals surface area (Å²) in [6.07, 6.45) is -0.109. The second-order valence-electron chi connectivity index (χ2n) is 4.42. The summed E-state index contributed by atoms with van der Waals surface area (Å²) in [5.41, 5.74) is 0.495.